The van der Waals surface area contributed by atoms with Gasteiger partial charge in [0.2, 0.25) is 11.4 Å². The Balaban J connectivity index is 2.15. The average Bonchev–Trinajstić information content (AvgIpc) is 3.02. The lowest BCUT2D eigenvalue weighted by atomic mass is 9.97. The Bertz CT molecular complexity index is 1290. The number of para-hydroxylation sites is 1. The molecule has 2 heterocycles. The van der Waals surface area contributed by atoms with Crippen molar-refractivity contribution in [3.63, 3.8) is 0 Å². The minimum atomic E-state index is -0.814. The first-order valence-corrected chi connectivity index (χ1v) is 8.56. The number of aromatic nitrogens is 1. The van der Waals surface area contributed by atoms with Crippen LogP contribution >= 0.6 is 0 Å². The molecule has 0 saturated heterocycles. The number of rotatable bonds is 2. The van der Waals surface area contributed by atoms with Crippen LogP contribution < -0.4 is 4.57 Å². The van der Waals surface area contributed by atoms with Gasteiger partial charge in [-0.15, -0.1) is 0 Å². The maximum atomic E-state index is 8.41. The quantitative estimate of drug-likeness (QED) is 0.320. The van der Waals surface area contributed by atoms with Gasteiger partial charge in [0, 0.05) is 24.3 Å². The second kappa shape index (κ2) is 6.00. The molecule has 0 radical (unpaired) electrons. The van der Waals surface area contributed by atoms with Gasteiger partial charge < -0.3 is 4.42 Å². The summed E-state index contributed by atoms with van der Waals surface area (Å²) < 4.78 is 24.8. The molecule has 0 aliphatic heterocycles. The molecule has 0 fully saturated rings. The third-order valence-electron chi connectivity index (χ3n) is 4.88. The fourth-order valence-electron chi connectivity index (χ4n) is 3.40. The number of nitrogens with zero attached hydrogens (tertiary/aromatic N) is 2. The van der Waals surface area contributed by atoms with Crippen LogP contribution in [0.15, 0.2) is 53.1 Å². The predicted octanol–water partition coefficient (Wildman–Crippen LogP) is 6.06. The van der Waals surface area contributed by atoms with Crippen LogP contribution in [0.4, 0.5) is 5.69 Å². The molecule has 128 valence electrons. The van der Waals surface area contributed by atoms with Crippen LogP contribution in [0.3, 0.4) is 0 Å². The van der Waals surface area contributed by atoms with E-state index in [1.807, 2.05) is 58.2 Å². The van der Waals surface area contributed by atoms with Crippen LogP contribution in [0.25, 0.3) is 38.0 Å². The highest BCUT2D eigenvalue weighted by Gasteiger charge is 2.22. The smallest absolute Gasteiger partial charge is 0.229 e. The fourth-order valence-corrected chi connectivity index (χ4v) is 3.40. The number of benzene rings is 2. The Morgan fingerprint density at radius 2 is 1.92 bits per heavy atom. The molecule has 2 aromatic carbocycles. The zero-order chi connectivity index (χ0) is 20.2. The molecule has 0 saturated carbocycles. The van der Waals surface area contributed by atoms with E-state index in [2.05, 4.69) is 4.85 Å². The van der Waals surface area contributed by atoms with Gasteiger partial charge in [0.05, 0.1) is 12.1 Å². The summed E-state index contributed by atoms with van der Waals surface area (Å²) in [7, 11) is 1.85. The topological polar surface area (TPSA) is 21.4 Å². The van der Waals surface area contributed by atoms with E-state index in [9.17, 15) is 0 Å². The normalized spacial score (nSPS) is 12.9. The zero-order valence-corrected chi connectivity index (χ0v) is 15.3. The van der Waals surface area contributed by atoms with Crippen molar-refractivity contribution >= 4 is 27.6 Å². The molecule has 0 bridgehead atoms. The van der Waals surface area contributed by atoms with Crippen LogP contribution in [-0.4, -0.2) is 0 Å². The lowest BCUT2D eigenvalue weighted by Gasteiger charge is -2.09. The molecule has 0 aliphatic carbocycles. The Kier molecular flexibility index (Phi) is 3.25. The number of aryl methyl sites for hydroxylation is 1. The van der Waals surface area contributed by atoms with Crippen molar-refractivity contribution in [2.45, 2.75) is 26.7 Å². The summed E-state index contributed by atoms with van der Waals surface area (Å²) in [6, 6.07) is 13.4. The van der Waals surface area contributed by atoms with Gasteiger partial charge in [0.1, 0.15) is 19.6 Å². The summed E-state index contributed by atoms with van der Waals surface area (Å²) >= 11 is 0. The molecule has 0 aliphatic rings. The van der Waals surface area contributed by atoms with Crippen LogP contribution in [0.1, 0.15) is 33.6 Å². The summed E-state index contributed by atoms with van der Waals surface area (Å²) in [5.74, 6) is -0.814. The molecule has 0 amide bonds. The van der Waals surface area contributed by atoms with Gasteiger partial charge in [-0.05, 0) is 23.9 Å². The maximum absolute atomic E-state index is 8.41. The second-order valence-corrected chi connectivity index (χ2v) is 6.82. The summed E-state index contributed by atoms with van der Waals surface area (Å²) in [6.45, 7) is 13.1. The van der Waals surface area contributed by atoms with Crippen molar-refractivity contribution in [1.82, 2.24) is 0 Å². The van der Waals surface area contributed by atoms with Crippen LogP contribution in [0.2, 0.25) is 0 Å². The van der Waals surface area contributed by atoms with Gasteiger partial charge in [0.25, 0.3) is 0 Å². The largest absolute Gasteiger partial charge is 0.466 e. The van der Waals surface area contributed by atoms with E-state index in [1.165, 1.54) is 0 Å². The molecule has 2 aromatic heterocycles. The van der Waals surface area contributed by atoms with E-state index in [0.29, 0.717) is 23.0 Å². The first kappa shape index (κ1) is 14.1. The molecule has 0 unspecified atom stereocenters. The van der Waals surface area contributed by atoms with Crippen molar-refractivity contribution in [3.05, 3.63) is 71.2 Å². The molecule has 3 nitrogen and oxygen atoms in total. The molecule has 4 aromatic rings. The Morgan fingerprint density at radius 1 is 1.15 bits per heavy atom. The van der Waals surface area contributed by atoms with Crippen LogP contribution in [0, 0.1) is 13.5 Å². The van der Waals surface area contributed by atoms with Crippen LogP contribution in [-0.2, 0) is 7.05 Å². The first-order chi connectivity index (χ1) is 13.2. The molecule has 0 spiro atoms. The number of furan rings is 1. The standard InChI is InChI=1S/C23H21N2O/c1-14(2)16-11-12-25(5)20(13-16)21-15(3)9-10-18-17-7-6-8-19(24-4)22(17)26-23(18)21/h6-14H,1-3,5H3/q+1/i12D,14D. The average molecular weight is 343 g/mol. The molecule has 0 N–H and O–H groups in total. The minimum Gasteiger partial charge on any atom is -0.466 e. The fraction of sp³-hybridized carbons (Fsp3) is 0.217. The lowest BCUT2D eigenvalue weighted by molar-refractivity contribution is -0.660. The monoisotopic (exact) mass is 343 g/mol. The third-order valence-corrected chi connectivity index (χ3v) is 4.88. The highest BCUT2D eigenvalue weighted by atomic mass is 16.3. The summed E-state index contributed by atoms with van der Waals surface area (Å²) in [4.78, 5) is 3.59. The molecular formula is C23H21N2O+. The highest BCUT2D eigenvalue weighted by molar-refractivity contribution is 6.12. The van der Waals surface area contributed by atoms with E-state index in [1.54, 1.807) is 16.7 Å². The SMILES string of the molecule is [2H]c1cc(C([2H])(C)C)cc(-c2c(C)ccc3c2oc2c([N+]#[C-])cccc23)[n+]1C. The molecule has 4 rings (SSSR count). The van der Waals surface area contributed by atoms with Gasteiger partial charge in [-0.1, -0.05) is 44.2 Å². The van der Waals surface area contributed by atoms with E-state index < -0.39 is 5.89 Å². The highest BCUT2D eigenvalue weighted by Crippen LogP contribution is 2.40. The van der Waals surface area contributed by atoms with Gasteiger partial charge in [-0.25, -0.2) is 9.41 Å². The summed E-state index contributed by atoms with van der Waals surface area (Å²) in [6.07, 6.45) is 0.335. The predicted molar refractivity (Wildman–Crippen MR) is 105 cm³/mol. The molecule has 26 heavy (non-hydrogen) atoms. The summed E-state index contributed by atoms with van der Waals surface area (Å²) in [5, 5.41) is 1.86. The maximum Gasteiger partial charge on any atom is 0.229 e. The Morgan fingerprint density at radius 3 is 2.65 bits per heavy atom. The van der Waals surface area contributed by atoms with E-state index in [4.69, 9.17) is 13.7 Å². The van der Waals surface area contributed by atoms with Gasteiger partial charge in [-0.3, -0.25) is 0 Å². The first-order valence-electron chi connectivity index (χ1n) is 9.56. The van der Waals surface area contributed by atoms with Crippen LogP contribution in [0.5, 0.6) is 0 Å². The van der Waals surface area contributed by atoms with Crippen molar-refractivity contribution in [1.29, 1.82) is 0 Å². The van der Waals surface area contributed by atoms with Gasteiger partial charge in [-0.2, -0.15) is 0 Å². The number of hydrogen-bond acceptors (Lipinski definition) is 1. The molecular weight excluding hydrogens is 320 g/mol. The molecule has 3 heteroatoms. The van der Waals surface area contributed by atoms with E-state index in [0.717, 1.165) is 33.2 Å². The molecule has 0 atom stereocenters. The summed E-state index contributed by atoms with van der Waals surface area (Å²) in [5.41, 5.74) is 5.31. The Labute approximate surface area is 156 Å². The third kappa shape index (κ3) is 2.38. The van der Waals surface area contributed by atoms with Gasteiger partial charge in [0.15, 0.2) is 6.17 Å². The lowest BCUT2D eigenvalue weighted by Crippen LogP contribution is -2.31. The van der Waals surface area contributed by atoms with Crippen molar-refractivity contribution < 1.29 is 11.7 Å². The van der Waals surface area contributed by atoms with E-state index >= 15 is 0 Å². The van der Waals surface area contributed by atoms with Gasteiger partial charge >= 0.3 is 0 Å². The Hall–Kier alpha value is -3.12. The minimum absolute atomic E-state index is 0.335. The van der Waals surface area contributed by atoms with Crippen molar-refractivity contribution in [2.75, 3.05) is 0 Å². The second-order valence-electron chi connectivity index (χ2n) is 6.82. The van der Waals surface area contributed by atoms with E-state index in [-0.39, 0.29) is 0 Å². The number of hydrogen-bond donors (Lipinski definition) is 0. The number of fused-ring (bicyclic) bond motifs is 3. The van der Waals surface area contributed by atoms with Crippen molar-refractivity contribution in [2.24, 2.45) is 7.05 Å². The zero-order valence-electron chi connectivity index (χ0n) is 17.3. The van der Waals surface area contributed by atoms with Crippen molar-refractivity contribution in [3.8, 4) is 11.3 Å². The number of pyridine rings is 1.